The monoisotopic (exact) mass is 369 g/mol. The highest BCUT2D eigenvalue weighted by atomic mass is 35.5. The summed E-state index contributed by atoms with van der Waals surface area (Å²) in [5.41, 5.74) is 4.37. The molecule has 1 aliphatic rings. The summed E-state index contributed by atoms with van der Waals surface area (Å²) in [4.78, 5) is 13.2. The van der Waals surface area contributed by atoms with E-state index >= 15 is 0 Å². The first kappa shape index (κ1) is 16.2. The predicted octanol–water partition coefficient (Wildman–Crippen LogP) is 4.52. The second-order valence-electron chi connectivity index (χ2n) is 6.48. The van der Waals surface area contributed by atoms with Crippen LogP contribution in [0.1, 0.15) is 29.5 Å². The Hall–Kier alpha value is -2.24. The molecule has 0 spiro atoms. The molecule has 1 amide bonds. The Morgan fingerprint density at radius 3 is 2.80 bits per heavy atom. The number of benzene rings is 2. The van der Waals surface area contributed by atoms with E-state index in [0.29, 0.717) is 16.6 Å². The fourth-order valence-electron chi connectivity index (χ4n) is 3.71. The van der Waals surface area contributed by atoms with Gasteiger partial charge in [0.25, 0.3) is 0 Å². The number of aromatic nitrogens is 2. The van der Waals surface area contributed by atoms with Crippen LogP contribution in [0.2, 0.25) is 5.02 Å². The summed E-state index contributed by atoms with van der Waals surface area (Å²) in [5, 5.41) is 11.9. The number of hydrogen-bond donors (Lipinski definition) is 1. The van der Waals surface area contributed by atoms with E-state index in [2.05, 4.69) is 27.6 Å². The normalized spacial score (nSPS) is 21.8. The number of amides is 1. The van der Waals surface area contributed by atoms with Crippen molar-refractivity contribution >= 4 is 34.0 Å². The van der Waals surface area contributed by atoms with Crippen molar-refractivity contribution in [2.75, 3.05) is 5.32 Å². The van der Waals surface area contributed by atoms with Gasteiger partial charge in [-0.25, -0.2) is 0 Å². The van der Waals surface area contributed by atoms with Gasteiger partial charge >= 0.3 is 0 Å². The molecule has 2 atom stereocenters. The molecule has 0 saturated carbocycles. The lowest BCUT2D eigenvalue weighted by molar-refractivity contribution is -0.125. The second-order valence-corrected chi connectivity index (χ2v) is 7.75. The number of nitrogens with one attached hydrogen (secondary N) is 1. The van der Waals surface area contributed by atoms with Gasteiger partial charge in [0.2, 0.25) is 11.0 Å². The number of rotatable bonds is 3. The van der Waals surface area contributed by atoms with Crippen molar-refractivity contribution in [3.8, 4) is 0 Å². The molecule has 4 nitrogen and oxygen atoms in total. The van der Waals surface area contributed by atoms with Crippen LogP contribution >= 0.6 is 22.9 Å². The van der Waals surface area contributed by atoms with Gasteiger partial charge in [0, 0.05) is 10.9 Å². The van der Waals surface area contributed by atoms with Gasteiger partial charge in [-0.15, -0.1) is 10.2 Å². The van der Waals surface area contributed by atoms with Gasteiger partial charge in [-0.3, -0.25) is 4.79 Å². The molecule has 1 heterocycles. The molecule has 25 heavy (non-hydrogen) atoms. The molecule has 1 aromatic heterocycles. The quantitative estimate of drug-likeness (QED) is 0.738. The van der Waals surface area contributed by atoms with Crippen LogP contribution in [0.3, 0.4) is 0 Å². The number of carbonyl (C=O) groups is 1. The first-order valence-electron chi connectivity index (χ1n) is 7.99. The molecule has 1 N–H and O–H groups in total. The fraction of sp³-hybridized carbons (Fsp3) is 0.211. The van der Waals surface area contributed by atoms with Gasteiger partial charge < -0.3 is 5.32 Å². The summed E-state index contributed by atoms with van der Waals surface area (Å²) < 4.78 is 0. The minimum Gasteiger partial charge on any atom is -0.300 e. The van der Waals surface area contributed by atoms with Gasteiger partial charge in [0.05, 0.1) is 5.41 Å². The van der Waals surface area contributed by atoms with E-state index < -0.39 is 5.41 Å². The Kier molecular flexibility index (Phi) is 4.06. The molecular weight excluding hydrogens is 354 g/mol. The molecule has 4 rings (SSSR count). The lowest BCUT2D eigenvalue weighted by atomic mass is 9.73. The zero-order valence-electron chi connectivity index (χ0n) is 13.6. The molecule has 0 fully saturated rings. The smallest absolute Gasteiger partial charge is 0.233 e. The molecule has 1 aliphatic carbocycles. The summed E-state index contributed by atoms with van der Waals surface area (Å²) in [5.74, 6) is -0.110. The number of nitrogens with zero attached hydrogens (tertiary/aromatic N) is 2. The number of anilines is 1. The first-order chi connectivity index (χ1) is 12.1. The van der Waals surface area contributed by atoms with Crippen LogP contribution in [0.5, 0.6) is 0 Å². The van der Waals surface area contributed by atoms with Crippen LogP contribution in [0.25, 0.3) is 0 Å². The maximum atomic E-state index is 13.2. The number of carbonyl (C=O) groups excluding carboxylic acids is 1. The van der Waals surface area contributed by atoms with Crippen LogP contribution in [0.15, 0.2) is 54.0 Å². The average molecular weight is 370 g/mol. The SMILES string of the molecule is CC1(C(=O)Nc2nncs2)Cc2ccc(Cl)cc2C1c1ccccc1. The molecular formula is C19H16ClN3OS. The van der Waals surface area contributed by atoms with Gasteiger partial charge in [-0.05, 0) is 42.2 Å². The Morgan fingerprint density at radius 1 is 1.28 bits per heavy atom. The van der Waals surface area contributed by atoms with Crippen molar-refractivity contribution < 1.29 is 4.79 Å². The average Bonchev–Trinajstić information content (AvgIpc) is 3.21. The van der Waals surface area contributed by atoms with E-state index in [-0.39, 0.29) is 11.8 Å². The van der Waals surface area contributed by atoms with Crippen LogP contribution in [0, 0.1) is 5.41 Å². The summed E-state index contributed by atoms with van der Waals surface area (Å²) in [6.07, 6.45) is 0.656. The van der Waals surface area contributed by atoms with E-state index in [1.165, 1.54) is 11.3 Å². The molecule has 6 heteroatoms. The van der Waals surface area contributed by atoms with Crippen LogP contribution in [-0.2, 0) is 11.2 Å². The Balaban J connectivity index is 1.79. The fourth-order valence-corrected chi connectivity index (χ4v) is 4.33. The highest BCUT2D eigenvalue weighted by molar-refractivity contribution is 7.13. The topological polar surface area (TPSA) is 54.9 Å². The zero-order valence-corrected chi connectivity index (χ0v) is 15.1. The van der Waals surface area contributed by atoms with E-state index in [0.717, 1.165) is 16.7 Å². The highest BCUT2D eigenvalue weighted by Gasteiger charge is 2.48. The zero-order chi connectivity index (χ0) is 17.4. The molecule has 3 aromatic rings. The predicted molar refractivity (Wildman–Crippen MR) is 100 cm³/mol. The summed E-state index contributed by atoms with van der Waals surface area (Å²) in [7, 11) is 0. The standard InChI is InChI=1S/C19H16ClN3OS/c1-19(17(24)22-18-23-21-11-25-18)10-13-7-8-14(20)9-15(13)16(19)12-5-3-2-4-6-12/h2-9,11,16H,10H2,1H3,(H,22,23,24). The maximum Gasteiger partial charge on any atom is 0.233 e. The summed E-state index contributed by atoms with van der Waals surface area (Å²) >= 11 is 7.56. The Bertz CT molecular complexity index is 914. The largest absolute Gasteiger partial charge is 0.300 e. The third-order valence-electron chi connectivity index (χ3n) is 4.85. The molecule has 0 radical (unpaired) electrons. The second kappa shape index (κ2) is 6.24. The van der Waals surface area contributed by atoms with Gasteiger partial charge in [0.15, 0.2) is 0 Å². The van der Waals surface area contributed by atoms with Crippen molar-refractivity contribution in [2.45, 2.75) is 19.3 Å². The first-order valence-corrected chi connectivity index (χ1v) is 9.24. The lowest BCUT2D eigenvalue weighted by Crippen LogP contribution is -2.37. The number of fused-ring (bicyclic) bond motifs is 1. The van der Waals surface area contributed by atoms with Crippen molar-refractivity contribution in [2.24, 2.45) is 5.41 Å². The van der Waals surface area contributed by atoms with Gasteiger partial charge in [-0.2, -0.15) is 0 Å². The molecule has 126 valence electrons. The van der Waals surface area contributed by atoms with Crippen molar-refractivity contribution in [1.29, 1.82) is 0 Å². The van der Waals surface area contributed by atoms with Crippen molar-refractivity contribution in [3.05, 3.63) is 75.8 Å². The molecule has 0 saturated heterocycles. The molecule has 0 aliphatic heterocycles. The Morgan fingerprint density at radius 2 is 2.08 bits per heavy atom. The number of hydrogen-bond acceptors (Lipinski definition) is 4. The minimum atomic E-state index is -0.625. The van der Waals surface area contributed by atoms with E-state index in [9.17, 15) is 4.79 Å². The molecule has 2 unspecified atom stereocenters. The van der Waals surface area contributed by atoms with Crippen molar-refractivity contribution in [3.63, 3.8) is 0 Å². The molecule has 0 bridgehead atoms. The van der Waals surface area contributed by atoms with E-state index in [1.54, 1.807) is 5.51 Å². The highest BCUT2D eigenvalue weighted by Crippen LogP contribution is 2.51. The van der Waals surface area contributed by atoms with Crippen LogP contribution in [-0.4, -0.2) is 16.1 Å². The third kappa shape index (κ3) is 2.83. The van der Waals surface area contributed by atoms with Gasteiger partial charge in [0.1, 0.15) is 5.51 Å². The van der Waals surface area contributed by atoms with Crippen LogP contribution < -0.4 is 5.32 Å². The molecule has 2 aromatic carbocycles. The van der Waals surface area contributed by atoms with Crippen LogP contribution in [0.4, 0.5) is 5.13 Å². The van der Waals surface area contributed by atoms with E-state index in [4.69, 9.17) is 11.6 Å². The summed E-state index contributed by atoms with van der Waals surface area (Å²) in [6.45, 7) is 2.01. The summed E-state index contributed by atoms with van der Waals surface area (Å²) in [6, 6.07) is 16.0. The van der Waals surface area contributed by atoms with Gasteiger partial charge in [-0.1, -0.05) is 59.3 Å². The lowest BCUT2D eigenvalue weighted by Gasteiger charge is -2.30. The third-order valence-corrected chi connectivity index (χ3v) is 5.69. The number of halogens is 1. The Labute approximate surface area is 154 Å². The van der Waals surface area contributed by atoms with Crippen molar-refractivity contribution in [1.82, 2.24) is 10.2 Å². The maximum absolute atomic E-state index is 13.2. The minimum absolute atomic E-state index is 0.0505. The van der Waals surface area contributed by atoms with E-state index in [1.807, 2.05) is 43.3 Å².